The summed E-state index contributed by atoms with van der Waals surface area (Å²) in [6.07, 6.45) is 15.2. The SMILES string of the molecule is CCCCCCCCCCCCC(c1ccccc1)C(C)(C)N.O. The Labute approximate surface area is 150 Å². The van der Waals surface area contributed by atoms with Gasteiger partial charge < -0.3 is 11.2 Å². The van der Waals surface area contributed by atoms with Crippen molar-refractivity contribution in [3.63, 3.8) is 0 Å². The van der Waals surface area contributed by atoms with Gasteiger partial charge in [-0.05, 0) is 25.8 Å². The molecule has 0 aromatic heterocycles. The van der Waals surface area contributed by atoms with Gasteiger partial charge in [-0.1, -0.05) is 101 Å². The average Bonchev–Trinajstić information content (AvgIpc) is 2.52. The third kappa shape index (κ3) is 10.1. The van der Waals surface area contributed by atoms with Crippen molar-refractivity contribution in [3.05, 3.63) is 35.9 Å². The first-order valence-electron chi connectivity index (χ1n) is 9.89. The van der Waals surface area contributed by atoms with Crippen LogP contribution in [0.15, 0.2) is 30.3 Å². The number of unbranched alkanes of at least 4 members (excludes halogenated alkanes) is 9. The van der Waals surface area contributed by atoms with Crippen LogP contribution in [0.1, 0.15) is 103 Å². The smallest absolute Gasteiger partial charge is 0.0166 e. The number of nitrogens with two attached hydrogens (primary N) is 1. The summed E-state index contributed by atoms with van der Waals surface area (Å²) in [5, 5.41) is 0. The molecule has 2 heteroatoms. The lowest BCUT2D eigenvalue weighted by molar-refractivity contribution is 0.376. The van der Waals surface area contributed by atoms with Crippen molar-refractivity contribution in [2.45, 2.75) is 103 Å². The minimum absolute atomic E-state index is 0. The zero-order valence-electron chi connectivity index (χ0n) is 16.3. The monoisotopic (exact) mass is 335 g/mol. The molecule has 1 rings (SSSR count). The molecule has 1 atom stereocenters. The Morgan fingerprint density at radius 3 is 1.71 bits per heavy atom. The van der Waals surface area contributed by atoms with Crippen molar-refractivity contribution in [3.8, 4) is 0 Å². The first kappa shape index (κ1) is 23.1. The van der Waals surface area contributed by atoms with E-state index in [4.69, 9.17) is 5.73 Å². The predicted molar refractivity (Wildman–Crippen MR) is 108 cm³/mol. The Kier molecular flexibility index (Phi) is 13.0. The largest absolute Gasteiger partial charge is 0.412 e. The second-order valence-electron chi connectivity index (χ2n) is 7.76. The molecular weight excluding hydrogens is 294 g/mol. The summed E-state index contributed by atoms with van der Waals surface area (Å²) in [4.78, 5) is 0. The van der Waals surface area contributed by atoms with Crippen LogP contribution in [0.3, 0.4) is 0 Å². The van der Waals surface area contributed by atoms with Gasteiger partial charge in [0.1, 0.15) is 0 Å². The van der Waals surface area contributed by atoms with Gasteiger partial charge in [0.15, 0.2) is 0 Å². The highest BCUT2D eigenvalue weighted by molar-refractivity contribution is 5.22. The van der Waals surface area contributed by atoms with Gasteiger partial charge in [-0.3, -0.25) is 0 Å². The normalized spacial score (nSPS) is 12.7. The number of hydrogen-bond donors (Lipinski definition) is 1. The van der Waals surface area contributed by atoms with E-state index < -0.39 is 0 Å². The number of benzene rings is 1. The zero-order chi connectivity index (χ0) is 17.0. The maximum Gasteiger partial charge on any atom is 0.0166 e. The van der Waals surface area contributed by atoms with E-state index in [1.165, 1.54) is 76.2 Å². The van der Waals surface area contributed by atoms with E-state index in [0.717, 1.165) is 0 Å². The molecule has 0 amide bonds. The molecule has 1 unspecified atom stereocenters. The average molecular weight is 336 g/mol. The van der Waals surface area contributed by atoms with Crippen LogP contribution < -0.4 is 5.73 Å². The molecule has 0 saturated heterocycles. The van der Waals surface area contributed by atoms with Gasteiger partial charge >= 0.3 is 0 Å². The van der Waals surface area contributed by atoms with Crippen molar-refractivity contribution in [1.29, 1.82) is 0 Å². The molecule has 0 spiro atoms. The van der Waals surface area contributed by atoms with Crippen LogP contribution in [-0.2, 0) is 0 Å². The molecule has 4 N–H and O–H groups in total. The molecule has 24 heavy (non-hydrogen) atoms. The van der Waals surface area contributed by atoms with Crippen LogP contribution in [0, 0.1) is 0 Å². The third-order valence-corrected chi connectivity index (χ3v) is 4.95. The molecular formula is C22H41NO. The summed E-state index contributed by atoms with van der Waals surface area (Å²) >= 11 is 0. The third-order valence-electron chi connectivity index (χ3n) is 4.95. The molecule has 2 nitrogen and oxygen atoms in total. The Hall–Kier alpha value is -0.860. The van der Waals surface area contributed by atoms with Crippen molar-refractivity contribution in [2.75, 3.05) is 0 Å². The van der Waals surface area contributed by atoms with Crippen molar-refractivity contribution >= 4 is 0 Å². The van der Waals surface area contributed by atoms with Gasteiger partial charge in [-0.15, -0.1) is 0 Å². The van der Waals surface area contributed by atoms with Crippen LogP contribution in [0.4, 0.5) is 0 Å². The fourth-order valence-corrected chi connectivity index (χ4v) is 3.49. The predicted octanol–water partition coefficient (Wildman–Crippen LogP) is 5.99. The highest BCUT2D eigenvalue weighted by Crippen LogP contribution is 2.31. The fourth-order valence-electron chi connectivity index (χ4n) is 3.49. The second kappa shape index (κ2) is 13.4. The molecule has 0 radical (unpaired) electrons. The minimum atomic E-state index is -0.138. The maximum absolute atomic E-state index is 6.43. The van der Waals surface area contributed by atoms with E-state index in [1.54, 1.807) is 0 Å². The molecule has 140 valence electrons. The highest BCUT2D eigenvalue weighted by atomic mass is 16.0. The van der Waals surface area contributed by atoms with Gasteiger partial charge in [0.25, 0.3) is 0 Å². The fraction of sp³-hybridized carbons (Fsp3) is 0.727. The molecule has 0 aliphatic rings. The molecule has 1 aromatic carbocycles. The van der Waals surface area contributed by atoms with Gasteiger partial charge in [0, 0.05) is 11.5 Å². The van der Waals surface area contributed by atoms with Crippen molar-refractivity contribution in [1.82, 2.24) is 0 Å². The van der Waals surface area contributed by atoms with E-state index in [0.29, 0.717) is 5.92 Å². The van der Waals surface area contributed by atoms with E-state index in [2.05, 4.69) is 51.1 Å². The number of rotatable bonds is 13. The Morgan fingerprint density at radius 1 is 0.792 bits per heavy atom. The maximum atomic E-state index is 6.43. The lowest BCUT2D eigenvalue weighted by Gasteiger charge is -2.31. The quantitative estimate of drug-likeness (QED) is 0.442. The van der Waals surface area contributed by atoms with E-state index >= 15 is 0 Å². The summed E-state index contributed by atoms with van der Waals surface area (Å²) < 4.78 is 0. The second-order valence-corrected chi connectivity index (χ2v) is 7.76. The molecule has 0 saturated carbocycles. The number of hydrogen-bond acceptors (Lipinski definition) is 1. The summed E-state index contributed by atoms with van der Waals surface area (Å²) in [5.74, 6) is 0.470. The molecule has 0 aliphatic carbocycles. The van der Waals surface area contributed by atoms with Gasteiger partial charge in [0.05, 0.1) is 0 Å². The van der Waals surface area contributed by atoms with Gasteiger partial charge in [-0.25, -0.2) is 0 Å². The summed E-state index contributed by atoms with van der Waals surface area (Å²) in [6.45, 7) is 6.62. The van der Waals surface area contributed by atoms with E-state index in [9.17, 15) is 0 Å². The van der Waals surface area contributed by atoms with Crippen molar-refractivity contribution in [2.24, 2.45) is 5.73 Å². The molecule has 0 heterocycles. The standard InChI is InChI=1S/C22H39N.H2O/c1-4-5-6-7-8-9-10-11-12-16-19-21(22(2,3)23)20-17-14-13-15-18-20;/h13-15,17-18,21H,4-12,16,19,23H2,1-3H3;1H2. The zero-order valence-corrected chi connectivity index (χ0v) is 16.3. The lowest BCUT2D eigenvalue weighted by atomic mass is 9.79. The van der Waals surface area contributed by atoms with Crippen LogP contribution in [0.25, 0.3) is 0 Å². The van der Waals surface area contributed by atoms with Gasteiger partial charge in [-0.2, -0.15) is 0 Å². The summed E-state index contributed by atoms with van der Waals surface area (Å²) in [5.41, 5.74) is 7.69. The van der Waals surface area contributed by atoms with Crippen molar-refractivity contribution < 1.29 is 5.48 Å². The summed E-state index contributed by atoms with van der Waals surface area (Å²) in [6, 6.07) is 10.8. The minimum Gasteiger partial charge on any atom is -0.412 e. The summed E-state index contributed by atoms with van der Waals surface area (Å²) in [7, 11) is 0. The van der Waals surface area contributed by atoms with Crippen LogP contribution >= 0.6 is 0 Å². The van der Waals surface area contributed by atoms with E-state index in [1.807, 2.05) is 0 Å². The van der Waals surface area contributed by atoms with Crippen LogP contribution in [-0.4, -0.2) is 11.0 Å². The Balaban J connectivity index is 0.00000529. The Bertz CT molecular complexity index is 383. The van der Waals surface area contributed by atoms with Crippen LogP contribution in [0.2, 0.25) is 0 Å². The first-order valence-corrected chi connectivity index (χ1v) is 9.89. The van der Waals surface area contributed by atoms with Gasteiger partial charge in [0.2, 0.25) is 0 Å². The van der Waals surface area contributed by atoms with E-state index in [-0.39, 0.29) is 11.0 Å². The Morgan fingerprint density at radius 2 is 1.25 bits per heavy atom. The molecule has 0 aliphatic heterocycles. The first-order chi connectivity index (χ1) is 11.1. The highest BCUT2D eigenvalue weighted by Gasteiger charge is 2.25. The lowest BCUT2D eigenvalue weighted by Crippen LogP contribution is -2.39. The molecule has 0 fully saturated rings. The molecule has 0 bridgehead atoms. The topological polar surface area (TPSA) is 57.5 Å². The van der Waals surface area contributed by atoms with Crippen LogP contribution in [0.5, 0.6) is 0 Å². The molecule has 1 aromatic rings.